The van der Waals surface area contributed by atoms with Crippen LogP contribution >= 0.6 is 0 Å². The number of hydrogen-bond donors (Lipinski definition) is 1. The first kappa shape index (κ1) is 40.3. The number of benzene rings is 4. The molecule has 0 bridgehead atoms. The number of nitrogens with zero attached hydrogens (tertiary/aromatic N) is 2. The van der Waals surface area contributed by atoms with Crippen molar-refractivity contribution in [3.8, 4) is 23.8 Å². The molecule has 5 rings (SSSR count). The van der Waals surface area contributed by atoms with Crippen LogP contribution in [0.1, 0.15) is 81.2 Å². The summed E-state index contributed by atoms with van der Waals surface area (Å²) in [6.07, 6.45) is 9.04. The van der Waals surface area contributed by atoms with Gasteiger partial charge in [0.2, 0.25) is 0 Å². The maximum Gasteiger partial charge on any atom is 0.313 e. The largest absolute Gasteiger partial charge is 0.486 e. The number of aromatic nitrogens is 2. The fourth-order valence-corrected chi connectivity index (χ4v) is 6.15. The standard InChI is InChI=1S/C46H51N3O6/c1-8-34-10-9-11-39(26-34)49-44-40-27-42(52-20-22-54-45(50)32(6)37-16-12-35(13-17-37)24-30(2)3)43(28-41(40)47-29-48-44)53-21-23-55-46(51)33(7)38-18-14-36(15-19-38)25-31(4)5/h1,9-19,26-33H,20-25H2,2-7H3,(H,47,48,49). The monoisotopic (exact) mass is 741 g/mol. The molecule has 0 spiro atoms. The molecule has 5 aromatic rings. The number of ether oxygens (including phenoxy) is 4. The average Bonchev–Trinajstić information content (AvgIpc) is 3.17. The van der Waals surface area contributed by atoms with Crippen LogP contribution in [0.4, 0.5) is 11.5 Å². The lowest BCUT2D eigenvalue weighted by Gasteiger charge is -2.17. The molecule has 4 aromatic carbocycles. The van der Waals surface area contributed by atoms with Gasteiger partial charge in [0.05, 0.1) is 17.4 Å². The van der Waals surface area contributed by atoms with Crippen molar-refractivity contribution in [2.75, 3.05) is 31.7 Å². The van der Waals surface area contributed by atoms with Crippen molar-refractivity contribution < 1.29 is 28.5 Å². The number of nitrogens with one attached hydrogen (secondary N) is 1. The van der Waals surface area contributed by atoms with E-state index in [0.717, 1.165) is 35.2 Å². The number of hydrogen-bond acceptors (Lipinski definition) is 9. The maximum atomic E-state index is 13.0. The Bertz CT molecular complexity index is 2090. The van der Waals surface area contributed by atoms with Crippen molar-refractivity contribution in [2.45, 2.75) is 66.2 Å². The van der Waals surface area contributed by atoms with Crippen LogP contribution in [0, 0.1) is 24.2 Å². The molecule has 286 valence electrons. The average molecular weight is 742 g/mol. The summed E-state index contributed by atoms with van der Waals surface area (Å²) in [7, 11) is 0. The van der Waals surface area contributed by atoms with Gasteiger partial charge in [0.15, 0.2) is 11.5 Å². The van der Waals surface area contributed by atoms with Gasteiger partial charge in [-0.05, 0) is 85.0 Å². The first-order chi connectivity index (χ1) is 26.5. The lowest BCUT2D eigenvalue weighted by molar-refractivity contribution is -0.146. The second-order valence-electron chi connectivity index (χ2n) is 14.5. The van der Waals surface area contributed by atoms with E-state index in [1.54, 1.807) is 12.1 Å². The minimum Gasteiger partial charge on any atom is -0.486 e. The van der Waals surface area contributed by atoms with E-state index in [9.17, 15) is 9.59 Å². The van der Waals surface area contributed by atoms with Crippen LogP contribution in [-0.2, 0) is 31.9 Å². The normalized spacial score (nSPS) is 12.2. The van der Waals surface area contributed by atoms with Gasteiger partial charge in [0.1, 0.15) is 38.6 Å². The number of rotatable bonds is 18. The summed E-state index contributed by atoms with van der Waals surface area (Å²) < 4.78 is 23.5. The number of terminal acetylenes is 1. The molecule has 55 heavy (non-hydrogen) atoms. The van der Waals surface area contributed by atoms with Gasteiger partial charge in [0.25, 0.3) is 0 Å². The maximum absolute atomic E-state index is 13.0. The SMILES string of the molecule is C#Cc1cccc(Nc2ncnc3cc(OCCOC(=O)C(C)c4ccc(CC(C)C)cc4)c(OCCOC(=O)C(C)c4ccc(CC(C)C)cc4)cc23)c1. The number of anilines is 2. The van der Waals surface area contributed by atoms with Gasteiger partial charge < -0.3 is 24.3 Å². The molecule has 0 amide bonds. The molecule has 1 heterocycles. The van der Waals surface area contributed by atoms with Crippen molar-refractivity contribution in [3.63, 3.8) is 0 Å². The van der Waals surface area contributed by atoms with Crippen molar-refractivity contribution in [3.05, 3.63) is 119 Å². The highest BCUT2D eigenvalue weighted by Gasteiger charge is 2.19. The molecule has 0 fully saturated rings. The fraction of sp³-hybridized carbons (Fsp3) is 0.348. The summed E-state index contributed by atoms with van der Waals surface area (Å²) in [6.45, 7) is 12.6. The van der Waals surface area contributed by atoms with Crippen molar-refractivity contribution in [1.29, 1.82) is 0 Å². The topological polar surface area (TPSA) is 109 Å². The summed E-state index contributed by atoms with van der Waals surface area (Å²) >= 11 is 0. The van der Waals surface area contributed by atoms with E-state index in [1.807, 2.05) is 62.4 Å². The molecule has 0 radical (unpaired) electrons. The molecule has 1 aromatic heterocycles. The van der Waals surface area contributed by atoms with Gasteiger partial charge in [-0.2, -0.15) is 0 Å². The molecule has 0 saturated carbocycles. The quantitative estimate of drug-likeness (QED) is 0.0534. The Labute approximate surface area is 324 Å². The molecule has 9 nitrogen and oxygen atoms in total. The van der Waals surface area contributed by atoms with Gasteiger partial charge in [-0.25, -0.2) is 9.97 Å². The van der Waals surface area contributed by atoms with E-state index in [2.05, 4.69) is 73.2 Å². The number of esters is 2. The molecule has 0 aliphatic carbocycles. The molecule has 0 saturated heterocycles. The lowest BCUT2D eigenvalue weighted by atomic mass is 9.97. The van der Waals surface area contributed by atoms with Crippen LogP contribution in [0.15, 0.2) is 91.3 Å². The van der Waals surface area contributed by atoms with Gasteiger partial charge in [0, 0.05) is 22.7 Å². The molecule has 2 atom stereocenters. The molecule has 9 heteroatoms. The summed E-state index contributed by atoms with van der Waals surface area (Å²) in [5.41, 5.74) is 6.35. The molecular formula is C46H51N3O6. The molecule has 1 N–H and O–H groups in total. The molecule has 2 unspecified atom stereocenters. The summed E-state index contributed by atoms with van der Waals surface area (Å²) in [6, 6.07) is 27.2. The lowest BCUT2D eigenvalue weighted by Crippen LogP contribution is -2.18. The zero-order valence-corrected chi connectivity index (χ0v) is 32.6. The zero-order valence-electron chi connectivity index (χ0n) is 32.6. The van der Waals surface area contributed by atoms with Crippen LogP contribution in [-0.4, -0.2) is 48.3 Å². The Kier molecular flexibility index (Phi) is 14.3. The minimum absolute atomic E-state index is 0.0231. The van der Waals surface area contributed by atoms with E-state index in [-0.39, 0.29) is 38.4 Å². The van der Waals surface area contributed by atoms with Crippen LogP contribution in [0.3, 0.4) is 0 Å². The minimum atomic E-state index is -0.430. The predicted molar refractivity (Wildman–Crippen MR) is 217 cm³/mol. The number of fused-ring (bicyclic) bond motifs is 1. The predicted octanol–water partition coefficient (Wildman–Crippen LogP) is 9.20. The number of carbonyl (C=O) groups is 2. The second-order valence-corrected chi connectivity index (χ2v) is 14.5. The van der Waals surface area contributed by atoms with Gasteiger partial charge in [-0.15, -0.1) is 6.42 Å². The van der Waals surface area contributed by atoms with Crippen LogP contribution < -0.4 is 14.8 Å². The Balaban J connectivity index is 1.25. The Hall–Kier alpha value is -5.88. The van der Waals surface area contributed by atoms with E-state index in [4.69, 9.17) is 25.4 Å². The molecule has 0 aliphatic heterocycles. The fourth-order valence-electron chi connectivity index (χ4n) is 6.15. The van der Waals surface area contributed by atoms with Gasteiger partial charge >= 0.3 is 11.9 Å². The van der Waals surface area contributed by atoms with Crippen LogP contribution in [0.25, 0.3) is 10.9 Å². The molecular weight excluding hydrogens is 691 g/mol. The third kappa shape index (κ3) is 11.6. The first-order valence-electron chi connectivity index (χ1n) is 18.9. The summed E-state index contributed by atoms with van der Waals surface area (Å²) in [5.74, 6) is 3.53. The van der Waals surface area contributed by atoms with Crippen LogP contribution in [0.5, 0.6) is 11.5 Å². The highest BCUT2D eigenvalue weighted by molar-refractivity contribution is 5.93. The van der Waals surface area contributed by atoms with Gasteiger partial charge in [-0.1, -0.05) is 88.2 Å². The second kappa shape index (κ2) is 19.4. The molecule has 0 aliphatic rings. The van der Waals surface area contributed by atoms with Crippen molar-refractivity contribution >= 4 is 34.3 Å². The Morgan fingerprint density at radius 1 is 0.673 bits per heavy atom. The van der Waals surface area contributed by atoms with Crippen molar-refractivity contribution in [1.82, 2.24) is 9.97 Å². The van der Waals surface area contributed by atoms with E-state index in [1.165, 1.54) is 17.5 Å². The third-order valence-electron chi connectivity index (χ3n) is 9.12. The first-order valence-corrected chi connectivity index (χ1v) is 18.9. The van der Waals surface area contributed by atoms with E-state index >= 15 is 0 Å². The highest BCUT2D eigenvalue weighted by atomic mass is 16.6. The highest BCUT2D eigenvalue weighted by Crippen LogP contribution is 2.35. The Morgan fingerprint density at radius 3 is 1.71 bits per heavy atom. The third-order valence-corrected chi connectivity index (χ3v) is 9.12. The van der Waals surface area contributed by atoms with Gasteiger partial charge in [-0.3, -0.25) is 9.59 Å². The van der Waals surface area contributed by atoms with Crippen LogP contribution in [0.2, 0.25) is 0 Å². The summed E-state index contributed by atoms with van der Waals surface area (Å²) in [5, 5.41) is 3.99. The Morgan fingerprint density at radius 2 is 1.20 bits per heavy atom. The van der Waals surface area contributed by atoms with Crippen molar-refractivity contribution in [2.24, 2.45) is 11.8 Å². The number of carbonyl (C=O) groups excluding carboxylic acids is 2. The smallest absolute Gasteiger partial charge is 0.313 e. The summed E-state index contributed by atoms with van der Waals surface area (Å²) in [4.78, 5) is 34.8. The van der Waals surface area contributed by atoms with E-state index in [0.29, 0.717) is 40.1 Å². The van der Waals surface area contributed by atoms with E-state index < -0.39 is 11.8 Å². The zero-order chi connectivity index (χ0) is 39.3.